The minimum atomic E-state index is 0.0944. The molecule has 1 aliphatic heterocycles. The minimum Gasteiger partial charge on any atom is -0.324 e. The fourth-order valence-corrected chi connectivity index (χ4v) is 2.78. The Morgan fingerprint density at radius 1 is 1.33 bits per heavy atom. The highest BCUT2D eigenvalue weighted by Crippen LogP contribution is 2.23. The summed E-state index contributed by atoms with van der Waals surface area (Å²) in [5.74, 6) is 0.199. The van der Waals surface area contributed by atoms with Crippen molar-refractivity contribution in [3.8, 4) is 0 Å². The summed E-state index contributed by atoms with van der Waals surface area (Å²) in [6.07, 6.45) is 1.80. The van der Waals surface area contributed by atoms with Crippen LogP contribution in [0.5, 0.6) is 0 Å². The van der Waals surface area contributed by atoms with Crippen LogP contribution in [0, 0.1) is 5.92 Å². The molecule has 0 aliphatic carbocycles. The maximum atomic E-state index is 12.1. The van der Waals surface area contributed by atoms with Crippen LogP contribution < -0.4 is 10.6 Å². The minimum absolute atomic E-state index is 0.0944. The van der Waals surface area contributed by atoms with Crippen LogP contribution in [0.15, 0.2) is 18.2 Å². The molecule has 1 amide bonds. The average Bonchev–Trinajstić information content (AvgIpc) is 2.89. The number of nitrogens with zero attached hydrogens (tertiary/aromatic N) is 2. The van der Waals surface area contributed by atoms with Gasteiger partial charge in [-0.2, -0.15) is 8.75 Å². The van der Waals surface area contributed by atoms with E-state index in [1.165, 1.54) is 11.7 Å². The summed E-state index contributed by atoms with van der Waals surface area (Å²) in [6.45, 7) is 1.83. The van der Waals surface area contributed by atoms with Gasteiger partial charge < -0.3 is 10.6 Å². The van der Waals surface area contributed by atoms with Crippen LogP contribution in [0.4, 0.5) is 5.69 Å². The lowest BCUT2D eigenvalue weighted by Gasteiger charge is -2.21. The number of benzene rings is 1. The van der Waals surface area contributed by atoms with E-state index in [0.717, 1.165) is 42.7 Å². The monoisotopic (exact) mass is 262 g/mol. The molecule has 3 rings (SSSR count). The molecule has 1 fully saturated rings. The molecule has 1 aromatic carbocycles. The van der Waals surface area contributed by atoms with E-state index in [1.807, 2.05) is 18.2 Å². The number of nitrogens with one attached hydrogen (secondary N) is 2. The summed E-state index contributed by atoms with van der Waals surface area (Å²) in [4.78, 5) is 12.1. The number of piperidine rings is 1. The first-order chi connectivity index (χ1) is 8.84. The van der Waals surface area contributed by atoms with E-state index in [9.17, 15) is 4.79 Å². The van der Waals surface area contributed by atoms with Crippen molar-refractivity contribution in [2.45, 2.75) is 12.8 Å². The molecule has 2 aromatic rings. The second kappa shape index (κ2) is 4.99. The fourth-order valence-electron chi connectivity index (χ4n) is 2.23. The first kappa shape index (κ1) is 11.6. The van der Waals surface area contributed by atoms with E-state index >= 15 is 0 Å². The molecule has 5 nitrogen and oxygen atoms in total. The van der Waals surface area contributed by atoms with Crippen molar-refractivity contribution in [3.63, 3.8) is 0 Å². The van der Waals surface area contributed by atoms with Gasteiger partial charge in [-0.1, -0.05) is 6.07 Å². The van der Waals surface area contributed by atoms with E-state index in [0.29, 0.717) is 0 Å². The largest absolute Gasteiger partial charge is 0.324 e. The summed E-state index contributed by atoms with van der Waals surface area (Å²) in [5, 5.41) is 6.24. The summed E-state index contributed by atoms with van der Waals surface area (Å²) in [5.41, 5.74) is 2.39. The van der Waals surface area contributed by atoms with Crippen LogP contribution in [0.2, 0.25) is 0 Å². The molecule has 0 spiro atoms. The molecular weight excluding hydrogens is 248 g/mol. The van der Waals surface area contributed by atoms with Gasteiger partial charge in [-0.05, 0) is 38.1 Å². The molecule has 94 valence electrons. The van der Waals surface area contributed by atoms with Crippen LogP contribution >= 0.6 is 11.7 Å². The highest BCUT2D eigenvalue weighted by Gasteiger charge is 2.21. The molecule has 1 aromatic heterocycles. The fraction of sp³-hybridized carbons (Fsp3) is 0.417. The number of amides is 1. The maximum absolute atomic E-state index is 12.1. The number of anilines is 1. The van der Waals surface area contributed by atoms with E-state index in [-0.39, 0.29) is 11.8 Å². The Labute approximate surface area is 109 Å². The van der Waals surface area contributed by atoms with E-state index in [1.54, 1.807) is 0 Å². The van der Waals surface area contributed by atoms with Crippen molar-refractivity contribution in [1.29, 1.82) is 0 Å². The molecule has 1 saturated heterocycles. The summed E-state index contributed by atoms with van der Waals surface area (Å²) in [6, 6.07) is 5.67. The highest BCUT2D eigenvalue weighted by atomic mass is 32.1. The number of fused-ring (bicyclic) bond motifs is 1. The third kappa shape index (κ3) is 2.21. The van der Waals surface area contributed by atoms with Gasteiger partial charge in [0.1, 0.15) is 11.0 Å². The normalized spacial score (nSPS) is 16.9. The van der Waals surface area contributed by atoms with Crippen LogP contribution in [-0.2, 0) is 4.79 Å². The Morgan fingerprint density at radius 3 is 3.00 bits per heavy atom. The summed E-state index contributed by atoms with van der Waals surface area (Å²) in [7, 11) is 0. The second-order valence-electron chi connectivity index (χ2n) is 4.45. The van der Waals surface area contributed by atoms with Gasteiger partial charge >= 0.3 is 0 Å². The molecule has 18 heavy (non-hydrogen) atoms. The number of hydrogen-bond acceptors (Lipinski definition) is 5. The molecule has 0 unspecified atom stereocenters. The molecule has 0 atom stereocenters. The predicted molar refractivity (Wildman–Crippen MR) is 71.6 cm³/mol. The lowest BCUT2D eigenvalue weighted by molar-refractivity contribution is -0.120. The first-order valence-electron chi connectivity index (χ1n) is 6.07. The van der Waals surface area contributed by atoms with E-state index in [4.69, 9.17) is 0 Å². The van der Waals surface area contributed by atoms with Gasteiger partial charge in [-0.15, -0.1) is 0 Å². The zero-order valence-electron chi connectivity index (χ0n) is 9.85. The zero-order valence-corrected chi connectivity index (χ0v) is 10.7. The molecule has 2 heterocycles. The van der Waals surface area contributed by atoms with Gasteiger partial charge in [-0.25, -0.2) is 0 Å². The Kier molecular flexibility index (Phi) is 3.21. The molecule has 1 aliphatic rings. The molecule has 6 heteroatoms. The van der Waals surface area contributed by atoms with E-state index in [2.05, 4.69) is 19.4 Å². The van der Waals surface area contributed by atoms with Crippen molar-refractivity contribution >= 4 is 34.4 Å². The van der Waals surface area contributed by atoms with Gasteiger partial charge in [0.15, 0.2) is 0 Å². The van der Waals surface area contributed by atoms with Crippen molar-refractivity contribution in [2.24, 2.45) is 5.92 Å². The summed E-state index contributed by atoms with van der Waals surface area (Å²) < 4.78 is 8.39. The smallest absolute Gasteiger partial charge is 0.227 e. The lowest BCUT2D eigenvalue weighted by atomic mass is 9.97. The molecule has 0 radical (unpaired) electrons. The molecule has 0 bridgehead atoms. The van der Waals surface area contributed by atoms with Crippen molar-refractivity contribution in [2.75, 3.05) is 18.4 Å². The number of carbonyl (C=O) groups is 1. The molecule has 0 saturated carbocycles. The number of rotatable bonds is 2. The van der Waals surface area contributed by atoms with Gasteiger partial charge in [-0.3, -0.25) is 4.79 Å². The van der Waals surface area contributed by atoms with Crippen LogP contribution in [-0.4, -0.2) is 27.7 Å². The van der Waals surface area contributed by atoms with E-state index < -0.39 is 0 Å². The Morgan fingerprint density at radius 2 is 2.17 bits per heavy atom. The third-order valence-electron chi connectivity index (χ3n) is 3.25. The summed E-state index contributed by atoms with van der Waals surface area (Å²) >= 11 is 1.17. The average molecular weight is 262 g/mol. The molecule has 2 N–H and O–H groups in total. The SMILES string of the molecule is O=C(Nc1cccc2nsnc12)C1CCNCC1. The Hall–Kier alpha value is -1.53. The van der Waals surface area contributed by atoms with Gasteiger partial charge in [0, 0.05) is 5.92 Å². The number of hydrogen-bond donors (Lipinski definition) is 2. The standard InChI is InChI=1S/C12H14N4OS/c17-12(8-4-6-13-7-5-8)14-9-2-1-3-10-11(9)16-18-15-10/h1-3,8,13H,4-7H2,(H,14,17). The van der Waals surface area contributed by atoms with Gasteiger partial charge in [0.25, 0.3) is 0 Å². The highest BCUT2D eigenvalue weighted by molar-refractivity contribution is 7.00. The third-order valence-corrected chi connectivity index (χ3v) is 3.80. The maximum Gasteiger partial charge on any atom is 0.227 e. The Balaban J connectivity index is 1.79. The van der Waals surface area contributed by atoms with Gasteiger partial charge in [0.05, 0.1) is 17.4 Å². The topological polar surface area (TPSA) is 66.9 Å². The van der Waals surface area contributed by atoms with Crippen LogP contribution in [0.1, 0.15) is 12.8 Å². The van der Waals surface area contributed by atoms with Crippen molar-refractivity contribution in [3.05, 3.63) is 18.2 Å². The van der Waals surface area contributed by atoms with Gasteiger partial charge in [0.2, 0.25) is 5.91 Å². The number of aromatic nitrogens is 2. The quantitative estimate of drug-likeness (QED) is 0.863. The van der Waals surface area contributed by atoms with Crippen molar-refractivity contribution in [1.82, 2.24) is 14.1 Å². The lowest BCUT2D eigenvalue weighted by Crippen LogP contribution is -2.34. The number of carbonyl (C=O) groups excluding carboxylic acids is 1. The van der Waals surface area contributed by atoms with Crippen LogP contribution in [0.25, 0.3) is 11.0 Å². The second-order valence-corrected chi connectivity index (χ2v) is 4.98. The van der Waals surface area contributed by atoms with Crippen molar-refractivity contribution < 1.29 is 4.79 Å². The predicted octanol–water partition coefficient (Wildman–Crippen LogP) is 1.63. The zero-order chi connectivity index (χ0) is 12.4. The molecular formula is C12H14N4OS. The van der Waals surface area contributed by atoms with Crippen LogP contribution in [0.3, 0.4) is 0 Å². The first-order valence-corrected chi connectivity index (χ1v) is 6.80. The Bertz CT molecular complexity index is 562.